The van der Waals surface area contributed by atoms with Crippen molar-refractivity contribution in [2.75, 3.05) is 38.1 Å². The second kappa shape index (κ2) is 8.47. The SMILES string of the molecule is FC(F)(F)c1cnc(NC2CCC3CNCC32)nc1-c1c[nH]c2nc(C3CNCCO3)ccc12. The van der Waals surface area contributed by atoms with Crippen molar-refractivity contribution in [2.24, 2.45) is 11.8 Å². The van der Waals surface area contributed by atoms with Crippen LogP contribution >= 0.6 is 0 Å². The number of pyridine rings is 1. The summed E-state index contributed by atoms with van der Waals surface area (Å²) in [6.07, 6.45) is -0.290. The van der Waals surface area contributed by atoms with Crippen LogP contribution in [0.4, 0.5) is 19.1 Å². The second-order valence-corrected chi connectivity index (χ2v) is 9.26. The average molecular weight is 474 g/mol. The zero-order valence-electron chi connectivity index (χ0n) is 18.5. The summed E-state index contributed by atoms with van der Waals surface area (Å²) in [7, 11) is 0. The maximum atomic E-state index is 13.9. The number of aromatic nitrogens is 4. The molecule has 1 saturated carbocycles. The molecule has 3 aliphatic rings. The van der Waals surface area contributed by atoms with Gasteiger partial charge in [-0.1, -0.05) is 0 Å². The molecule has 1 aliphatic carbocycles. The lowest BCUT2D eigenvalue weighted by molar-refractivity contribution is -0.137. The molecule has 4 N–H and O–H groups in total. The lowest BCUT2D eigenvalue weighted by Crippen LogP contribution is -2.33. The number of halogens is 3. The number of hydrogen-bond donors (Lipinski definition) is 4. The number of alkyl halides is 3. The fourth-order valence-electron chi connectivity index (χ4n) is 5.51. The number of H-pyrrole nitrogens is 1. The second-order valence-electron chi connectivity index (χ2n) is 9.26. The lowest BCUT2D eigenvalue weighted by atomic mass is 9.98. The molecule has 3 fully saturated rings. The number of nitrogens with zero attached hydrogens (tertiary/aromatic N) is 3. The van der Waals surface area contributed by atoms with E-state index in [1.165, 1.54) is 6.20 Å². The van der Waals surface area contributed by atoms with Gasteiger partial charge < -0.3 is 25.7 Å². The molecule has 0 radical (unpaired) electrons. The number of fused-ring (bicyclic) bond motifs is 2. The zero-order chi connectivity index (χ0) is 23.3. The third-order valence-corrected chi connectivity index (χ3v) is 7.24. The maximum Gasteiger partial charge on any atom is 0.419 e. The molecule has 3 aromatic heterocycles. The van der Waals surface area contributed by atoms with Gasteiger partial charge in [0.15, 0.2) is 0 Å². The molecular weight excluding hydrogens is 447 g/mol. The van der Waals surface area contributed by atoms with E-state index in [9.17, 15) is 13.2 Å². The summed E-state index contributed by atoms with van der Waals surface area (Å²) in [6.45, 7) is 3.92. The zero-order valence-corrected chi connectivity index (χ0v) is 18.5. The van der Waals surface area contributed by atoms with Crippen molar-refractivity contribution in [3.05, 3.63) is 35.8 Å². The van der Waals surface area contributed by atoms with Crippen LogP contribution in [0.1, 0.15) is 30.2 Å². The molecule has 5 heterocycles. The Bertz CT molecular complexity index is 1190. The van der Waals surface area contributed by atoms with Crippen molar-refractivity contribution in [1.82, 2.24) is 30.6 Å². The lowest BCUT2D eigenvalue weighted by Gasteiger charge is -2.23. The fraction of sp³-hybridized carbons (Fsp3) is 0.522. The molecule has 4 unspecified atom stereocenters. The first-order chi connectivity index (χ1) is 16.5. The van der Waals surface area contributed by atoms with E-state index in [0.29, 0.717) is 41.6 Å². The molecule has 11 heteroatoms. The number of ether oxygens (including phenoxy) is 1. The van der Waals surface area contributed by atoms with Gasteiger partial charge in [0.2, 0.25) is 5.95 Å². The molecule has 8 nitrogen and oxygen atoms in total. The number of rotatable bonds is 4. The van der Waals surface area contributed by atoms with Crippen LogP contribution in [0.2, 0.25) is 0 Å². The highest BCUT2D eigenvalue weighted by atomic mass is 19.4. The van der Waals surface area contributed by atoms with Gasteiger partial charge in [0.25, 0.3) is 0 Å². The van der Waals surface area contributed by atoms with Crippen molar-refractivity contribution >= 4 is 17.0 Å². The van der Waals surface area contributed by atoms with E-state index in [1.807, 2.05) is 0 Å². The highest BCUT2D eigenvalue weighted by Crippen LogP contribution is 2.40. The monoisotopic (exact) mass is 473 g/mol. The molecule has 2 saturated heterocycles. The van der Waals surface area contributed by atoms with E-state index in [1.54, 1.807) is 12.1 Å². The van der Waals surface area contributed by atoms with Gasteiger partial charge >= 0.3 is 6.18 Å². The van der Waals surface area contributed by atoms with Crippen molar-refractivity contribution in [1.29, 1.82) is 0 Å². The number of nitrogens with one attached hydrogen (secondary N) is 4. The van der Waals surface area contributed by atoms with E-state index in [-0.39, 0.29) is 23.8 Å². The Labute approximate surface area is 194 Å². The summed E-state index contributed by atoms with van der Waals surface area (Å²) in [5, 5.41) is 10.5. The number of morpholine rings is 1. The molecule has 180 valence electrons. The highest BCUT2D eigenvalue weighted by Gasteiger charge is 2.40. The van der Waals surface area contributed by atoms with Crippen molar-refractivity contribution in [3.63, 3.8) is 0 Å². The summed E-state index contributed by atoms with van der Waals surface area (Å²) >= 11 is 0. The molecule has 34 heavy (non-hydrogen) atoms. The van der Waals surface area contributed by atoms with E-state index >= 15 is 0 Å². The Morgan fingerprint density at radius 3 is 2.79 bits per heavy atom. The molecule has 4 atom stereocenters. The smallest absolute Gasteiger partial charge is 0.369 e. The van der Waals surface area contributed by atoms with Gasteiger partial charge in [-0.05, 0) is 43.4 Å². The molecule has 0 spiro atoms. The highest BCUT2D eigenvalue weighted by molar-refractivity contribution is 5.93. The molecule has 2 aliphatic heterocycles. The van der Waals surface area contributed by atoms with Gasteiger partial charge in [-0.15, -0.1) is 0 Å². The Balaban J connectivity index is 1.36. The molecule has 0 aromatic carbocycles. The van der Waals surface area contributed by atoms with E-state index in [2.05, 4.69) is 35.9 Å². The topological polar surface area (TPSA) is 99.8 Å². The number of anilines is 1. The Morgan fingerprint density at radius 2 is 1.97 bits per heavy atom. The average Bonchev–Trinajstić information content (AvgIpc) is 3.56. The van der Waals surface area contributed by atoms with Crippen LogP contribution < -0.4 is 16.0 Å². The quantitative estimate of drug-likeness (QED) is 0.462. The van der Waals surface area contributed by atoms with Gasteiger partial charge in [0, 0.05) is 49.0 Å². The number of aromatic amines is 1. The van der Waals surface area contributed by atoms with Gasteiger partial charge in [-0.2, -0.15) is 13.2 Å². The third-order valence-electron chi connectivity index (χ3n) is 7.24. The minimum absolute atomic E-state index is 0.152. The fourth-order valence-corrected chi connectivity index (χ4v) is 5.51. The maximum absolute atomic E-state index is 13.9. The molecule has 0 amide bonds. The minimum Gasteiger partial charge on any atom is -0.369 e. The molecular formula is C23H26F3N7O. The van der Waals surface area contributed by atoms with Gasteiger partial charge in [0.05, 0.1) is 18.0 Å². The molecule has 6 rings (SSSR count). The van der Waals surface area contributed by atoms with Crippen LogP contribution in [-0.4, -0.2) is 58.8 Å². The van der Waals surface area contributed by atoms with Gasteiger partial charge in [-0.25, -0.2) is 15.0 Å². The van der Waals surface area contributed by atoms with Crippen LogP contribution in [0.15, 0.2) is 24.5 Å². The normalized spacial score (nSPS) is 27.3. The first-order valence-corrected chi connectivity index (χ1v) is 11.7. The Kier molecular flexibility index (Phi) is 5.42. The van der Waals surface area contributed by atoms with Crippen LogP contribution in [0.5, 0.6) is 0 Å². The van der Waals surface area contributed by atoms with Crippen LogP contribution in [0.3, 0.4) is 0 Å². The Morgan fingerprint density at radius 1 is 1.06 bits per heavy atom. The standard InChI is InChI=1S/C23H26F3N7O/c24-23(25,26)16-10-30-22(32-17-3-1-12-7-28-8-14(12)17)33-20(16)15-9-29-21-13(15)2-4-18(31-21)19-11-27-5-6-34-19/h2,4,9-10,12,14,17,19,27-28H,1,3,5-8,11H2,(H,29,31)(H,30,32,33). The van der Waals surface area contributed by atoms with E-state index < -0.39 is 11.7 Å². The van der Waals surface area contributed by atoms with E-state index in [0.717, 1.165) is 44.4 Å². The molecule has 3 aromatic rings. The summed E-state index contributed by atoms with van der Waals surface area (Å²) < 4.78 is 47.5. The Hall–Kier alpha value is -2.76. The minimum atomic E-state index is -4.58. The van der Waals surface area contributed by atoms with Crippen molar-refractivity contribution in [2.45, 2.75) is 31.2 Å². The van der Waals surface area contributed by atoms with Gasteiger partial charge in [-0.3, -0.25) is 0 Å². The van der Waals surface area contributed by atoms with Gasteiger partial charge in [0.1, 0.15) is 17.3 Å². The predicted molar refractivity (Wildman–Crippen MR) is 120 cm³/mol. The van der Waals surface area contributed by atoms with Crippen molar-refractivity contribution < 1.29 is 17.9 Å². The largest absolute Gasteiger partial charge is 0.419 e. The summed E-state index contributed by atoms with van der Waals surface area (Å²) in [4.78, 5) is 16.0. The van der Waals surface area contributed by atoms with Crippen LogP contribution in [0, 0.1) is 11.8 Å². The van der Waals surface area contributed by atoms with E-state index in [4.69, 9.17) is 4.74 Å². The first kappa shape index (κ1) is 21.8. The summed E-state index contributed by atoms with van der Waals surface area (Å²) in [6, 6.07) is 3.74. The predicted octanol–water partition coefficient (Wildman–Crippen LogP) is 3.11. The van der Waals surface area contributed by atoms with Crippen molar-refractivity contribution in [3.8, 4) is 11.3 Å². The van der Waals surface area contributed by atoms with Crippen LogP contribution in [-0.2, 0) is 10.9 Å². The first-order valence-electron chi connectivity index (χ1n) is 11.7. The summed E-state index contributed by atoms with van der Waals surface area (Å²) in [5.41, 5.74) is 0.560. The third kappa shape index (κ3) is 3.91. The molecule has 0 bridgehead atoms. The summed E-state index contributed by atoms with van der Waals surface area (Å²) in [5.74, 6) is 1.27. The number of hydrogen-bond acceptors (Lipinski definition) is 7. The van der Waals surface area contributed by atoms with Crippen LogP contribution in [0.25, 0.3) is 22.3 Å².